The molecule has 3 aromatic rings. The first kappa shape index (κ1) is 12.1. The van der Waals surface area contributed by atoms with Gasteiger partial charge >= 0.3 is 5.97 Å². The molecule has 0 saturated heterocycles. The number of hydrogen-bond donors (Lipinski definition) is 1. The maximum Gasteiger partial charge on any atom is 0.317 e. The summed E-state index contributed by atoms with van der Waals surface area (Å²) in [5.41, 5.74) is 0.365. The number of fused-ring (bicyclic) bond motifs is 1. The van der Waals surface area contributed by atoms with Gasteiger partial charge in [-0.05, 0) is 12.1 Å². The van der Waals surface area contributed by atoms with Crippen LogP contribution in [-0.4, -0.2) is 30.7 Å². The summed E-state index contributed by atoms with van der Waals surface area (Å²) in [6.45, 7) is 0. The normalized spacial score (nSPS) is 10.6. The summed E-state index contributed by atoms with van der Waals surface area (Å²) in [6, 6.07) is 10.1. The lowest BCUT2D eigenvalue weighted by molar-refractivity contribution is -0.133. The van der Waals surface area contributed by atoms with Crippen LogP contribution in [0.1, 0.15) is 5.69 Å². The Bertz CT molecular complexity index is 755. The molecule has 0 saturated carbocycles. The Morgan fingerprint density at radius 1 is 1.30 bits per heavy atom. The third kappa shape index (κ3) is 2.41. The number of aromatic hydroxyl groups is 1. The third-order valence-electron chi connectivity index (χ3n) is 2.59. The van der Waals surface area contributed by atoms with Gasteiger partial charge in [-0.1, -0.05) is 18.2 Å². The molecule has 0 spiro atoms. The van der Waals surface area contributed by atoms with Crippen LogP contribution in [0.4, 0.5) is 0 Å². The molecular formula is C13H10N4O3. The third-order valence-corrected chi connectivity index (χ3v) is 2.59. The summed E-state index contributed by atoms with van der Waals surface area (Å²) in [5.74, 6) is 0.0970. The standard InChI is InChI=1S/C13H10N4O3/c18-11-6-9(16-13-14-8-15-17(11)13)7-12(19)20-10-4-2-1-3-5-10/h1-6,8,18H,7H2. The molecule has 0 aliphatic rings. The number of carbonyl (C=O) groups excluding carboxylic acids is 1. The van der Waals surface area contributed by atoms with Crippen LogP contribution in [0.5, 0.6) is 11.6 Å². The van der Waals surface area contributed by atoms with Crippen LogP contribution in [-0.2, 0) is 11.2 Å². The van der Waals surface area contributed by atoms with E-state index in [2.05, 4.69) is 15.1 Å². The number of para-hydroxylation sites is 1. The number of carbonyl (C=O) groups is 1. The summed E-state index contributed by atoms with van der Waals surface area (Å²) in [6.07, 6.45) is 1.21. The second kappa shape index (κ2) is 4.96. The molecule has 1 N–H and O–H groups in total. The lowest BCUT2D eigenvalue weighted by Crippen LogP contribution is -2.12. The molecular weight excluding hydrogens is 260 g/mol. The van der Waals surface area contributed by atoms with Gasteiger partial charge in [0.25, 0.3) is 5.78 Å². The van der Waals surface area contributed by atoms with Crippen LogP contribution in [0.3, 0.4) is 0 Å². The molecule has 0 unspecified atom stereocenters. The molecule has 7 nitrogen and oxygen atoms in total. The van der Waals surface area contributed by atoms with Crippen LogP contribution >= 0.6 is 0 Å². The molecule has 100 valence electrons. The second-order valence-electron chi connectivity index (χ2n) is 4.04. The first-order valence-electron chi connectivity index (χ1n) is 5.87. The summed E-state index contributed by atoms with van der Waals surface area (Å²) in [5, 5.41) is 13.5. The Hall–Kier alpha value is -2.96. The Labute approximate surface area is 113 Å². The molecule has 0 amide bonds. The predicted octanol–water partition coefficient (Wildman–Crippen LogP) is 0.978. The fraction of sp³-hybridized carbons (Fsp3) is 0.0769. The highest BCUT2D eigenvalue weighted by Gasteiger charge is 2.11. The fourth-order valence-corrected chi connectivity index (χ4v) is 1.74. The van der Waals surface area contributed by atoms with Gasteiger partial charge < -0.3 is 9.84 Å². The molecule has 0 radical (unpaired) electrons. The Kier molecular flexibility index (Phi) is 3.00. The van der Waals surface area contributed by atoms with Crippen molar-refractivity contribution in [2.24, 2.45) is 0 Å². The van der Waals surface area contributed by atoms with E-state index in [4.69, 9.17) is 4.74 Å². The SMILES string of the molecule is O=C(Cc1cc(O)n2ncnc2n1)Oc1ccccc1. The van der Waals surface area contributed by atoms with Gasteiger partial charge in [-0.15, -0.1) is 0 Å². The van der Waals surface area contributed by atoms with E-state index in [0.29, 0.717) is 11.4 Å². The van der Waals surface area contributed by atoms with Gasteiger partial charge in [-0.2, -0.15) is 14.6 Å². The zero-order chi connectivity index (χ0) is 13.9. The topological polar surface area (TPSA) is 89.6 Å². The second-order valence-corrected chi connectivity index (χ2v) is 4.04. The van der Waals surface area contributed by atoms with Crippen LogP contribution in [0.15, 0.2) is 42.7 Å². The summed E-state index contributed by atoms with van der Waals surface area (Å²) in [7, 11) is 0. The molecule has 7 heteroatoms. The number of benzene rings is 1. The molecule has 0 fully saturated rings. The first-order chi connectivity index (χ1) is 9.72. The largest absolute Gasteiger partial charge is 0.493 e. The Morgan fingerprint density at radius 2 is 2.10 bits per heavy atom. The van der Waals surface area contributed by atoms with Gasteiger partial charge in [0.2, 0.25) is 5.88 Å². The average molecular weight is 270 g/mol. The highest BCUT2D eigenvalue weighted by molar-refractivity contribution is 5.74. The lowest BCUT2D eigenvalue weighted by Gasteiger charge is -2.04. The molecule has 20 heavy (non-hydrogen) atoms. The van der Waals surface area contributed by atoms with Crippen molar-refractivity contribution in [3.8, 4) is 11.6 Å². The minimum Gasteiger partial charge on any atom is -0.493 e. The number of ether oxygens (including phenoxy) is 1. The summed E-state index contributed by atoms with van der Waals surface area (Å²) >= 11 is 0. The van der Waals surface area contributed by atoms with Crippen LogP contribution in [0, 0.1) is 0 Å². The summed E-state index contributed by atoms with van der Waals surface area (Å²) < 4.78 is 6.32. The minimum absolute atomic E-state index is 0.0637. The summed E-state index contributed by atoms with van der Waals surface area (Å²) in [4.78, 5) is 19.7. The molecule has 3 rings (SSSR count). The van der Waals surface area contributed by atoms with Crippen molar-refractivity contribution in [1.82, 2.24) is 19.6 Å². The molecule has 0 aliphatic carbocycles. The van der Waals surface area contributed by atoms with Gasteiger partial charge in [0, 0.05) is 6.07 Å². The molecule has 2 aromatic heterocycles. The van der Waals surface area contributed by atoms with Crippen molar-refractivity contribution in [3.63, 3.8) is 0 Å². The van der Waals surface area contributed by atoms with E-state index in [1.165, 1.54) is 16.9 Å². The van der Waals surface area contributed by atoms with Gasteiger partial charge in [-0.3, -0.25) is 4.79 Å². The van der Waals surface area contributed by atoms with E-state index < -0.39 is 5.97 Å². The van der Waals surface area contributed by atoms with Gasteiger partial charge in [-0.25, -0.2) is 4.98 Å². The van der Waals surface area contributed by atoms with E-state index in [1.54, 1.807) is 24.3 Å². The Balaban J connectivity index is 1.77. The molecule has 2 heterocycles. The molecule has 0 bridgehead atoms. The van der Waals surface area contributed by atoms with Crippen molar-refractivity contribution in [1.29, 1.82) is 0 Å². The lowest BCUT2D eigenvalue weighted by atomic mass is 10.3. The van der Waals surface area contributed by atoms with Gasteiger partial charge in [0.05, 0.1) is 12.1 Å². The van der Waals surface area contributed by atoms with E-state index in [9.17, 15) is 9.90 Å². The highest BCUT2D eigenvalue weighted by Crippen LogP contribution is 2.13. The van der Waals surface area contributed by atoms with E-state index in [1.807, 2.05) is 6.07 Å². The monoisotopic (exact) mass is 270 g/mol. The van der Waals surface area contributed by atoms with Crippen molar-refractivity contribution in [2.45, 2.75) is 6.42 Å². The smallest absolute Gasteiger partial charge is 0.317 e. The van der Waals surface area contributed by atoms with E-state index in [-0.39, 0.29) is 18.1 Å². The molecule has 0 atom stereocenters. The van der Waals surface area contributed by atoms with Crippen molar-refractivity contribution in [2.75, 3.05) is 0 Å². The fourth-order valence-electron chi connectivity index (χ4n) is 1.74. The van der Waals surface area contributed by atoms with Crippen LogP contribution in [0.2, 0.25) is 0 Å². The van der Waals surface area contributed by atoms with E-state index in [0.717, 1.165) is 0 Å². The van der Waals surface area contributed by atoms with E-state index >= 15 is 0 Å². The zero-order valence-electron chi connectivity index (χ0n) is 10.3. The zero-order valence-corrected chi connectivity index (χ0v) is 10.3. The minimum atomic E-state index is -0.466. The van der Waals surface area contributed by atoms with Crippen molar-refractivity contribution in [3.05, 3.63) is 48.4 Å². The van der Waals surface area contributed by atoms with Crippen molar-refractivity contribution >= 4 is 11.7 Å². The number of esters is 1. The number of aromatic nitrogens is 4. The number of nitrogens with zero attached hydrogens (tertiary/aromatic N) is 4. The quantitative estimate of drug-likeness (QED) is 0.563. The maximum absolute atomic E-state index is 11.8. The first-order valence-corrected chi connectivity index (χ1v) is 5.87. The predicted molar refractivity (Wildman–Crippen MR) is 68.2 cm³/mol. The van der Waals surface area contributed by atoms with Gasteiger partial charge in [0.15, 0.2) is 0 Å². The molecule has 1 aromatic carbocycles. The van der Waals surface area contributed by atoms with Gasteiger partial charge in [0.1, 0.15) is 12.1 Å². The molecule has 0 aliphatic heterocycles. The van der Waals surface area contributed by atoms with Crippen molar-refractivity contribution < 1.29 is 14.6 Å². The average Bonchev–Trinajstić information content (AvgIpc) is 2.88. The van der Waals surface area contributed by atoms with Crippen LogP contribution < -0.4 is 4.74 Å². The number of rotatable bonds is 3. The number of hydrogen-bond acceptors (Lipinski definition) is 6. The highest BCUT2D eigenvalue weighted by atomic mass is 16.5. The van der Waals surface area contributed by atoms with Crippen LogP contribution in [0.25, 0.3) is 5.78 Å². The maximum atomic E-state index is 11.8. The Morgan fingerprint density at radius 3 is 2.90 bits per heavy atom.